The van der Waals surface area contributed by atoms with Gasteiger partial charge in [0.05, 0.1) is 0 Å². The normalized spacial score (nSPS) is 50.1. The largest absolute Gasteiger partial charge is 0.302 e. The third-order valence-electron chi connectivity index (χ3n) is 2.96. The molecule has 10 heavy (non-hydrogen) atoms. The van der Waals surface area contributed by atoms with E-state index in [2.05, 4.69) is 19.1 Å². The molecule has 0 aromatic carbocycles. The van der Waals surface area contributed by atoms with Gasteiger partial charge in [-0.25, -0.2) is 0 Å². The topological polar surface area (TPSA) is 17.1 Å². The van der Waals surface area contributed by atoms with Gasteiger partial charge in [-0.15, -0.1) is 0 Å². The molecule has 3 atom stereocenters. The Bertz CT molecular complexity index is 195. The lowest BCUT2D eigenvalue weighted by atomic mass is 9.87. The van der Waals surface area contributed by atoms with Crippen molar-refractivity contribution < 1.29 is 4.79 Å². The lowest BCUT2D eigenvalue weighted by Gasteiger charge is -2.16. The monoisotopic (exact) mass is 136 g/mol. The second-order valence-corrected chi connectivity index (χ2v) is 3.76. The van der Waals surface area contributed by atoms with Crippen LogP contribution in [0.25, 0.3) is 0 Å². The van der Waals surface area contributed by atoms with Crippen LogP contribution in [0.1, 0.15) is 19.8 Å². The minimum Gasteiger partial charge on any atom is -0.302 e. The van der Waals surface area contributed by atoms with Gasteiger partial charge in [0.2, 0.25) is 0 Å². The molecule has 2 bridgehead atoms. The summed E-state index contributed by atoms with van der Waals surface area (Å²) in [5, 5.41) is 0. The Morgan fingerprint density at radius 2 is 2.40 bits per heavy atom. The molecule has 0 unspecified atom stereocenters. The van der Waals surface area contributed by atoms with Gasteiger partial charge in [-0.1, -0.05) is 19.1 Å². The second-order valence-electron chi connectivity index (χ2n) is 3.76. The zero-order valence-corrected chi connectivity index (χ0v) is 6.21. The molecule has 1 fully saturated rings. The molecule has 2 aliphatic carbocycles. The van der Waals surface area contributed by atoms with E-state index in [0.717, 1.165) is 25.0 Å². The summed E-state index contributed by atoms with van der Waals surface area (Å²) in [6.07, 6.45) is 7.61. The Morgan fingerprint density at radius 3 is 2.70 bits per heavy atom. The van der Waals surface area contributed by atoms with Crippen molar-refractivity contribution in [1.82, 2.24) is 0 Å². The Morgan fingerprint density at radius 1 is 1.60 bits per heavy atom. The molecule has 0 aromatic rings. The molecule has 1 heteroatoms. The number of carbonyl (C=O) groups excluding carboxylic acids is 1. The van der Waals surface area contributed by atoms with Crippen molar-refractivity contribution in [3.05, 3.63) is 12.2 Å². The maximum absolute atomic E-state index is 10.7. The van der Waals surface area contributed by atoms with Gasteiger partial charge >= 0.3 is 0 Å². The minimum atomic E-state index is -0.0376. The van der Waals surface area contributed by atoms with E-state index in [1.54, 1.807) is 0 Å². The van der Waals surface area contributed by atoms with Crippen molar-refractivity contribution in [3.63, 3.8) is 0 Å². The fourth-order valence-electron chi connectivity index (χ4n) is 2.32. The molecule has 1 saturated carbocycles. The number of aldehydes is 1. The van der Waals surface area contributed by atoms with Crippen molar-refractivity contribution in [3.8, 4) is 0 Å². The number of fused-ring (bicyclic) bond motifs is 2. The van der Waals surface area contributed by atoms with Gasteiger partial charge in [0, 0.05) is 5.41 Å². The molecular weight excluding hydrogens is 124 g/mol. The summed E-state index contributed by atoms with van der Waals surface area (Å²) in [5.74, 6) is 1.43. The van der Waals surface area contributed by atoms with Gasteiger partial charge in [-0.05, 0) is 24.7 Å². The Hall–Kier alpha value is -0.590. The Balaban J connectivity index is 2.31. The van der Waals surface area contributed by atoms with E-state index in [4.69, 9.17) is 0 Å². The summed E-state index contributed by atoms with van der Waals surface area (Å²) in [6, 6.07) is 0. The first-order chi connectivity index (χ1) is 4.76. The van der Waals surface area contributed by atoms with Crippen LogP contribution in [0.2, 0.25) is 0 Å². The zero-order valence-electron chi connectivity index (χ0n) is 6.21. The molecular formula is C9H12O. The molecule has 0 spiro atoms. The third kappa shape index (κ3) is 0.606. The van der Waals surface area contributed by atoms with Crippen LogP contribution in [-0.2, 0) is 4.79 Å². The molecule has 2 aliphatic rings. The van der Waals surface area contributed by atoms with Gasteiger partial charge in [-0.3, -0.25) is 0 Å². The number of allylic oxidation sites excluding steroid dienone is 2. The minimum absolute atomic E-state index is 0.0376. The average molecular weight is 136 g/mol. The van der Waals surface area contributed by atoms with Crippen molar-refractivity contribution in [2.45, 2.75) is 19.8 Å². The van der Waals surface area contributed by atoms with Crippen LogP contribution < -0.4 is 0 Å². The Labute approximate surface area is 61.1 Å². The van der Waals surface area contributed by atoms with Gasteiger partial charge in [0.25, 0.3) is 0 Å². The maximum Gasteiger partial charge on any atom is 0.129 e. The van der Waals surface area contributed by atoms with E-state index < -0.39 is 0 Å². The fourth-order valence-corrected chi connectivity index (χ4v) is 2.32. The molecule has 54 valence electrons. The highest BCUT2D eigenvalue weighted by Crippen LogP contribution is 2.50. The van der Waals surface area contributed by atoms with Crippen molar-refractivity contribution >= 4 is 6.29 Å². The SMILES string of the molecule is C[C@@H]1C[C@]2(C=O)C=C[C@H]1C2. The lowest BCUT2D eigenvalue weighted by Crippen LogP contribution is -2.14. The van der Waals surface area contributed by atoms with Gasteiger partial charge < -0.3 is 4.79 Å². The van der Waals surface area contributed by atoms with Gasteiger partial charge in [-0.2, -0.15) is 0 Å². The van der Waals surface area contributed by atoms with Crippen molar-refractivity contribution in [2.24, 2.45) is 17.3 Å². The predicted molar refractivity (Wildman–Crippen MR) is 39.5 cm³/mol. The number of hydrogen-bond donors (Lipinski definition) is 0. The summed E-state index contributed by atoms with van der Waals surface area (Å²) in [5.41, 5.74) is -0.0376. The van der Waals surface area contributed by atoms with Crippen LogP contribution >= 0.6 is 0 Å². The standard InChI is InChI=1S/C9H12O/c1-7-4-9(6-10)3-2-8(7)5-9/h2-3,6-8H,4-5H2,1H3/t7-,8+,9-/m1/s1. The lowest BCUT2D eigenvalue weighted by molar-refractivity contribution is -0.113. The highest BCUT2D eigenvalue weighted by Gasteiger charge is 2.44. The van der Waals surface area contributed by atoms with Crippen LogP contribution in [0, 0.1) is 17.3 Å². The average Bonchev–Trinajstić information content (AvgIpc) is 2.45. The van der Waals surface area contributed by atoms with Crippen molar-refractivity contribution in [1.29, 1.82) is 0 Å². The fraction of sp³-hybridized carbons (Fsp3) is 0.667. The van der Waals surface area contributed by atoms with Crippen LogP contribution in [0.15, 0.2) is 12.2 Å². The first-order valence-corrected chi connectivity index (χ1v) is 3.91. The van der Waals surface area contributed by atoms with E-state index in [-0.39, 0.29) is 5.41 Å². The molecule has 0 N–H and O–H groups in total. The first kappa shape index (κ1) is 6.14. The van der Waals surface area contributed by atoms with E-state index in [1.807, 2.05) is 0 Å². The summed E-state index contributed by atoms with van der Waals surface area (Å²) in [4.78, 5) is 10.7. The zero-order chi connectivity index (χ0) is 7.19. The Kier molecular flexibility index (Phi) is 1.05. The number of hydrogen-bond acceptors (Lipinski definition) is 1. The molecule has 2 rings (SSSR count). The smallest absolute Gasteiger partial charge is 0.129 e. The van der Waals surface area contributed by atoms with E-state index in [0.29, 0.717) is 5.92 Å². The van der Waals surface area contributed by atoms with Gasteiger partial charge in [0.15, 0.2) is 0 Å². The van der Waals surface area contributed by atoms with Gasteiger partial charge in [0.1, 0.15) is 6.29 Å². The van der Waals surface area contributed by atoms with Crippen LogP contribution in [0.4, 0.5) is 0 Å². The maximum atomic E-state index is 10.7. The molecule has 0 heterocycles. The first-order valence-electron chi connectivity index (χ1n) is 3.91. The third-order valence-corrected chi connectivity index (χ3v) is 2.96. The summed E-state index contributed by atoms with van der Waals surface area (Å²) >= 11 is 0. The predicted octanol–water partition coefficient (Wildman–Crippen LogP) is 1.79. The van der Waals surface area contributed by atoms with Crippen LogP contribution in [0.3, 0.4) is 0 Å². The summed E-state index contributed by atoms with van der Waals surface area (Å²) in [6.45, 7) is 2.24. The van der Waals surface area contributed by atoms with Crippen molar-refractivity contribution in [2.75, 3.05) is 0 Å². The molecule has 0 aromatic heterocycles. The second kappa shape index (κ2) is 1.71. The molecule has 1 nitrogen and oxygen atoms in total. The van der Waals surface area contributed by atoms with Crippen LogP contribution in [-0.4, -0.2) is 6.29 Å². The molecule has 0 amide bonds. The molecule has 0 saturated heterocycles. The molecule has 0 radical (unpaired) electrons. The van der Waals surface area contributed by atoms with E-state index in [9.17, 15) is 4.79 Å². The van der Waals surface area contributed by atoms with E-state index >= 15 is 0 Å². The highest BCUT2D eigenvalue weighted by atomic mass is 16.1. The quantitative estimate of drug-likeness (QED) is 0.396. The molecule has 0 aliphatic heterocycles. The number of carbonyl (C=O) groups is 1. The van der Waals surface area contributed by atoms with E-state index in [1.165, 1.54) is 0 Å². The van der Waals surface area contributed by atoms with Crippen LogP contribution in [0.5, 0.6) is 0 Å². The highest BCUT2D eigenvalue weighted by molar-refractivity contribution is 5.65. The number of rotatable bonds is 1. The summed E-state index contributed by atoms with van der Waals surface area (Å²) in [7, 11) is 0. The summed E-state index contributed by atoms with van der Waals surface area (Å²) < 4.78 is 0.